The summed E-state index contributed by atoms with van der Waals surface area (Å²) in [7, 11) is 0. The summed E-state index contributed by atoms with van der Waals surface area (Å²) in [6, 6.07) is 12.4. The van der Waals surface area contributed by atoms with E-state index in [-0.39, 0.29) is 17.9 Å². The molecule has 1 aliphatic rings. The van der Waals surface area contributed by atoms with E-state index in [1.807, 2.05) is 42.5 Å². The highest BCUT2D eigenvalue weighted by atomic mass is 127. The molecule has 2 heterocycles. The van der Waals surface area contributed by atoms with Gasteiger partial charge in [-0.25, -0.2) is 9.79 Å². The van der Waals surface area contributed by atoms with Crippen molar-refractivity contribution in [3.8, 4) is 5.75 Å². The molecule has 1 aromatic heterocycles. The molecular formula is C23H18I2N2O4S. The predicted octanol–water partition coefficient (Wildman–Crippen LogP) is 3.71. The molecule has 0 aliphatic carbocycles. The van der Waals surface area contributed by atoms with E-state index in [1.165, 1.54) is 11.3 Å². The Hall–Kier alpha value is -1.99. The zero-order valence-corrected chi connectivity index (χ0v) is 22.3. The van der Waals surface area contributed by atoms with Crippen LogP contribution < -0.4 is 14.9 Å². The summed E-state index contributed by atoms with van der Waals surface area (Å²) >= 11 is 5.47. The van der Waals surface area contributed by atoms with E-state index in [9.17, 15) is 14.7 Å². The molecule has 0 saturated carbocycles. The molecule has 4 rings (SSSR count). The Morgan fingerprint density at radius 2 is 2.00 bits per heavy atom. The maximum absolute atomic E-state index is 13.5. The van der Waals surface area contributed by atoms with Gasteiger partial charge in [0.25, 0.3) is 5.56 Å². The van der Waals surface area contributed by atoms with Crippen LogP contribution in [0.3, 0.4) is 0 Å². The first-order valence-electron chi connectivity index (χ1n) is 9.74. The fourth-order valence-corrected chi connectivity index (χ4v) is 6.51. The number of aromatic hydroxyl groups is 1. The SMILES string of the molecule is CCOC(=O)C1=C(C)N=c2s/c(=C\c3cc(I)cc(I)c3O)c(=O)n2C1c1ccccc1. The van der Waals surface area contributed by atoms with Crippen molar-refractivity contribution in [1.82, 2.24) is 4.57 Å². The quantitative estimate of drug-likeness (QED) is 0.339. The van der Waals surface area contributed by atoms with Crippen molar-refractivity contribution in [3.63, 3.8) is 0 Å². The van der Waals surface area contributed by atoms with Gasteiger partial charge in [-0.3, -0.25) is 9.36 Å². The standard InChI is InChI=1S/C23H18I2N2O4S/c1-3-31-22(30)18-12(2)26-23-27(19(18)13-7-5-4-6-8-13)21(29)17(32-23)10-14-9-15(24)11-16(25)20(14)28/h4-11,19,28H,3H2,1-2H3/b17-10-. The number of fused-ring (bicyclic) bond motifs is 1. The zero-order chi connectivity index (χ0) is 23.0. The van der Waals surface area contributed by atoms with Crippen molar-refractivity contribution in [1.29, 1.82) is 0 Å². The van der Waals surface area contributed by atoms with E-state index in [0.29, 0.717) is 29.7 Å². The van der Waals surface area contributed by atoms with Crippen molar-refractivity contribution in [3.05, 3.63) is 91.7 Å². The molecule has 0 amide bonds. The van der Waals surface area contributed by atoms with Crippen molar-refractivity contribution >= 4 is 68.6 Å². The average Bonchev–Trinajstić information content (AvgIpc) is 3.06. The molecule has 32 heavy (non-hydrogen) atoms. The summed E-state index contributed by atoms with van der Waals surface area (Å²) in [5.41, 5.74) is 1.96. The van der Waals surface area contributed by atoms with Crippen molar-refractivity contribution in [2.75, 3.05) is 6.61 Å². The van der Waals surface area contributed by atoms with E-state index in [2.05, 4.69) is 50.2 Å². The van der Waals surface area contributed by atoms with Gasteiger partial charge in [-0.05, 0) is 82.8 Å². The molecule has 0 radical (unpaired) electrons. The number of halogens is 2. The summed E-state index contributed by atoms with van der Waals surface area (Å²) in [4.78, 5) is 31.4. The highest BCUT2D eigenvalue weighted by molar-refractivity contribution is 14.1. The second-order valence-electron chi connectivity index (χ2n) is 7.04. The monoisotopic (exact) mass is 672 g/mol. The van der Waals surface area contributed by atoms with Gasteiger partial charge in [0, 0.05) is 9.13 Å². The first kappa shape index (κ1) is 23.2. The molecule has 6 nitrogen and oxygen atoms in total. The van der Waals surface area contributed by atoms with Gasteiger partial charge in [0.2, 0.25) is 0 Å². The Morgan fingerprint density at radius 3 is 2.69 bits per heavy atom. The summed E-state index contributed by atoms with van der Waals surface area (Å²) in [6.07, 6.45) is 1.68. The number of allylic oxidation sites excluding steroid dienone is 1. The molecule has 0 fully saturated rings. The third-order valence-electron chi connectivity index (χ3n) is 4.98. The number of nitrogens with zero attached hydrogens (tertiary/aromatic N) is 2. The van der Waals surface area contributed by atoms with Gasteiger partial charge in [-0.15, -0.1) is 0 Å². The number of hydrogen-bond donors (Lipinski definition) is 1. The number of rotatable bonds is 4. The van der Waals surface area contributed by atoms with Gasteiger partial charge < -0.3 is 9.84 Å². The van der Waals surface area contributed by atoms with Crippen LogP contribution in [-0.2, 0) is 9.53 Å². The Labute approximate surface area is 215 Å². The molecule has 2 aromatic carbocycles. The molecule has 0 spiro atoms. The fourth-order valence-electron chi connectivity index (χ4n) is 3.58. The van der Waals surface area contributed by atoms with Crippen molar-refractivity contribution < 1.29 is 14.6 Å². The average molecular weight is 672 g/mol. The Bertz CT molecular complexity index is 1420. The number of ether oxygens (including phenoxy) is 1. The third-order valence-corrected chi connectivity index (χ3v) is 7.40. The number of phenols is 1. The third kappa shape index (κ3) is 4.29. The summed E-state index contributed by atoms with van der Waals surface area (Å²) in [5.74, 6) is -0.360. The highest BCUT2D eigenvalue weighted by Gasteiger charge is 2.33. The van der Waals surface area contributed by atoms with E-state index in [4.69, 9.17) is 4.74 Å². The molecule has 0 saturated heterocycles. The first-order chi connectivity index (χ1) is 15.3. The minimum atomic E-state index is -0.640. The molecule has 0 bridgehead atoms. The summed E-state index contributed by atoms with van der Waals surface area (Å²) in [6.45, 7) is 3.73. The van der Waals surface area contributed by atoms with Crippen LogP contribution in [0.15, 0.2) is 63.5 Å². The molecule has 3 aromatic rings. The fraction of sp³-hybridized carbons (Fsp3) is 0.174. The highest BCUT2D eigenvalue weighted by Crippen LogP contribution is 2.31. The van der Waals surface area contributed by atoms with Crippen molar-refractivity contribution in [2.24, 2.45) is 4.99 Å². The lowest BCUT2D eigenvalue weighted by Crippen LogP contribution is -2.39. The second kappa shape index (κ2) is 9.48. The second-order valence-corrected chi connectivity index (χ2v) is 10.5. The number of thiazole rings is 1. The lowest BCUT2D eigenvalue weighted by molar-refractivity contribution is -0.139. The van der Waals surface area contributed by atoms with Crippen LogP contribution in [0.2, 0.25) is 0 Å². The number of aromatic nitrogens is 1. The van der Waals surface area contributed by atoms with Crippen LogP contribution in [0.5, 0.6) is 5.75 Å². The minimum Gasteiger partial charge on any atom is -0.506 e. The van der Waals surface area contributed by atoms with Gasteiger partial charge in [0.1, 0.15) is 5.75 Å². The Morgan fingerprint density at radius 1 is 1.28 bits per heavy atom. The molecule has 1 N–H and O–H groups in total. The molecular weight excluding hydrogens is 654 g/mol. The number of carbonyl (C=O) groups is 1. The number of esters is 1. The molecule has 1 unspecified atom stereocenters. The number of phenolic OH excluding ortho intramolecular Hbond substituents is 1. The molecule has 1 atom stereocenters. The maximum Gasteiger partial charge on any atom is 0.338 e. The van der Waals surface area contributed by atoms with Crippen LogP contribution >= 0.6 is 56.5 Å². The molecule has 164 valence electrons. The smallest absolute Gasteiger partial charge is 0.338 e. The zero-order valence-electron chi connectivity index (χ0n) is 17.1. The Kier molecular flexibility index (Phi) is 6.86. The number of carbonyl (C=O) groups excluding carboxylic acids is 1. The van der Waals surface area contributed by atoms with Gasteiger partial charge >= 0.3 is 5.97 Å². The lowest BCUT2D eigenvalue weighted by Gasteiger charge is -2.24. The van der Waals surface area contributed by atoms with Gasteiger partial charge in [-0.2, -0.15) is 0 Å². The lowest BCUT2D eigenvalue weighted by atomic mass is 9.96. The van der Waals surface area contributed by atoms with Crippen LogP contribution in [0.1, 0.15) is 31.0 Å². The van der Waals surface area contributed by atoms with E-state index in [1.54, 1.807) is 24.5 Å². The maximum atomic E-state index is 13.5. The minimum absolute atomic E-state index is 0.125. The van der Waals surface area contributed by atoms with E-state index >= 15 is 0 Å². The summed E-state index contributed by atoms with van der Waals surface area (Å²) in [5, 5.41) is 10.5. The largest absolute Gasteiger partial charge is 0.506 e. The Balaban J connectivity index is 1.98. The predicted molar refractivity (Wildman–Crippen MR) is 140 cm³/mol. The van der Waals surface area contributed by atoms with Crippen LogP contribution in [0.4, 0.5) is 0 Å². The molecule has 1 aliphatic heterocycles. The van der Waals surface area contributed by atoms with Crippen LogP contribution in [0.25, 0.3) is 6.08 Å². The summed E-state index contributed by atoms with van der Waals surface area (Å²) < 4.78 is 8.92. The normalized spacial score (nSPS) is 16.0. The van der Waals surface area contributed by atoms with E-state index < -0.39 is 12.0 Å². The first-order valence-corrected chi connectivity index (χ1v) is 12.7. The van der Waals surface area contributed by atoms with Gasteiger partial charge in [0.15, 0.2) is 4.80 Å². The molecule has 9 heteroatoms. The van der Waals surface area contributed by atoms with Gasteiger partial charge in [-0.1, -0.05) is 41.7 Å². The van der Waals surface area contributed by atoms with Crippen LogP contribution in [-0.4, -0.2) is 22.2 Å². The topological polar surface area (TPSA) is 80.9 Å². The van der Waals surface area contributed by atoms with Crippen molar-refractivity contribution in [2.45, 2.75) is 19.9 Å². The number of hydrogen-bond acceptors (Lipinski definition) is 6. The van der Waals surface area contributed by atoms with E-state index in [0.717, 1.165) is 9.13 Å². The van der Waals surface area contributed by atoms with Crippen LogP contribution in [0, 0.1) is 7.14 Å². The van der Waals surface area contributed by atoms with Gasteiger partial charge in [0.05, 0.1) is 32.0 Å². The number of benzene rings is 2.